The highest BCUT2D eigenvalue weighted by atomic mass is 16.5. The smallest absolute Gasteiger partial charge is 0.0694 e. The molecule has 0 aromatic carbocycles. The van der Waals surface area contributed by atoms with Crippen LogP contribution in [0.4, 0.5) is 0 Å². The lowest BCUT2D eigenvalue weighted by Gasteiger charge is -2.29. The Morgan fingerprint density at radius 2 is 2.00 bits per heavy atom. The Labute approximate surface area is 122 Å². The van der Waals surface area contributed by atoms with Crippen LogP contribution in [-0.4, -0.2) is 53.6 Å². The van der Waals surface area contributed by atoms with E-state index in [0.717, 1.165) is 39.4 Å². The van der Waals surface area contributed by atoms with Gasteiger partial charge in [-0.3, -0.25) is 9.58 Å². The summed E-state index contributed by atoms with van der Waals surface area (Å²) in [5.74, 6) is 0.475. The lowest BCUT2D eigenvalue weighted by atomic mass is 10.1. The molecule has 1 saturated heterocycles. The second-order valence-corrected chi connectivity index (χ2v) is 6.06. The fourth-order valence-corrected chi connectivity index (χ4v) is 2.70. The number of nitrogens with zero attached hydrogens (tertiary/aromatic N) is 3. The molecule has 0 saturated carbocycles. The Morgan fingerprint density at radius 1 is 1.30 bits per heavy atom. The van der Waals surface area contributed by atoms with Crippen molar-refractivity contribution < 1.29 is 4.74 Å². The molecule has 20 heavy (non-hydrogen) atoms. The van der Waals surface area contributed by atoms with Crippen molar-refractivity contribution in [2.24, 2.45) is 7.05 Å². The largest absolute Gasteiger partial charge is 0.379 e. The fourth-order valence-electron chi connectivity index (χ4n) is 2.70. The summed E-state index contributed by atoms with van der Waals surface area (Å²) in [4.78, 5) is 2.47. The van der Waals surface area contributed by atoms with Gasteiger partial charge in [0.05, 0.1) is 18.9 Å². The third kappa shape index (κ3) is 4.30. The monoisotopic (exact) mass is 280 g/mol. The lowest BCUT2D eigenvalue weighted by molar-refractivity contribution is 0.0343. The maximum absolute atomic E-state index is 5.38. The molecule has 0 radical (unpaired) electrons. The van der Waals surface area contributed by atoms with Crippen LogP contribution < -0.4 is 5.32 Å². The van der Waals surface area contributed by atoms with E-state index in [0.29, 0.717) is 12.0 Å². The molecule has 1 fully saturated rings. The average Bonchev–Trinajstić information content (AvgIpc) is 2.79. The van der Waals surface area contributed by atoms with Gasteiger partial charge in [0.25, 0.3) is 0 Å². The van der Waals surface area contributed by atoms with E-state index in [4.69, 9.17) is 4.74 Å². The van der Waals surface area contributed by atoms with Gasteiger partial charge in [-0.25, -0.2) is 0 Å². The highest BCUT2D eigenvalue weighted by Crippen LogP contribution is 2.17. The standard InChI is InChI=1S/C15H28N4O/c1-12(2)15-14(11-18(4)17-15)9-16-13(3)10-19-5-7-20-8-6-19/h11-13,16H,5-10H2,1-4H3. The summed E-state index contributed by atoms with van der Waals surface area (Å²) >= 11 is 0. The summed E-state index contributed by atoms with van der Waals surface area (Å²) < 4.78 is 7.30. The van der Waals surface area contributed by atoms with Crippen molar-refractivity contribution in [2.45, 2.75) is 39.3 Å². The zero-order valence-corrected chi connectivity index (χ0v) is 13.2. The van der Waals surface area contributed by atoms with Crippen molar-refractivity contribution in [3.05, 3.63) is 17.5 Å². The number of nitrogens with one attached hydrogen (secondary N) is 1. The molecule has 1 atom stereocenters. The zero-order valence-electron chi connectivity index (χ0n) is 13.2. The van der Waals surface area contributed by atoms with Gasteiger partial charge in [-0.15, -0.1) is 0 Å². The second kappa shape index (κ2) is 7.20. The van der Waals surface area contributed by atoms with Gasteiger partial charge >= 0.3 is 0 Å². The normalized spacial score (nSPS) is 18.6. The van der Waals surface area contributed by atoms with E-state index in [-0.39, 0.29) is 0 Å². The van der Waals surface area contributed by atoms with Crippen LogP contribution in [0.2, 0.25) is 0 Å². The van der Waals surface area contributed by atoms with Crippen LogP contribution in [0.5, 0.6) is 0 Å². The molecule has 0 bridgehead atoms. The number of morpholine rings is 1. The Balaban J connectivity index is 1.81. The Morgan fingerprint density at radius 3 is 2.65 bits per heavy atom. The molecule has 1 aromatic rings. The predicted octanol–water partition coefficient (Wildman–Crippen LogP) is 1.35. The van der Waals surface area contributed by atoms with Crippen molar-refractivity contribution in [2.75, 3.05) is 32.8 Å². The minimum absolute atomic E-state index is 0.475. The van der Waals surface area contributed by atoms with Crippen molar-refractivity contribution in [3.63, 3.8) is 0 Å². The SMILES string of the molecule is CC(CN1CCOCC1)NCc1cn(C)nc1C(C)C. The number of ether oxygens (including phenoxy) is 1. The van der Waals surface area contributed by atoms with Crippen molar-refractivity contribution in [1.29, 1.82) is 0 Å². The Bertz CT molecular complexity index is 410. The molecule has 0 amide bonds. The molecule has 0 aliphatic carbocycles. The maximum atomic E-state index is 5.38. The van der Waals surface area contributed by atoms with Crippen LogP contribution in [-0.2, 0) is 18.3 Å². The molecule has 1 aliphatic heterocycles. The molecule has 5 nitrogen and oxygen atoms in total. The molecule has 1 unspecified atom stereocenters. The van der Waals surface area contributed by atoms with Crippen molar-refractivity contribution in [1.82, 2.24) is 20.0 Å². The Kier molecular flexibility index (Phi) is 5.57. The first kappa shape index (κ1) is 15.5. The van der Waals surface area contributed by atoms with Gasteiger partial charge in [0, 0.05) is 51.0 Å². The van der Waals surface area contributed by atoms with E-state index >= 15 is 0 Å². The maximum Gasteiger partial charge on any atom is 0.0694 e. The molecule has 2 heterocycles. The lowest BCUT2D eigenvalue weighted by Crippen LogP contribution is -2.44. The van der Waals surface area contributed by atoms with E-state index < -0.39 is 0 Å². The Hall–Kier alpha value is -0.910. The molecule has 0 spiro atoms. The quantitative estimate of drug-likeness (QED) is 0.854. The third-order valence-electron chi connectivity index (χ3n) is 3.76. The topological polar surface area (TPSA) is 42.3 Å². The van der Waals surface area contributed by atoms with Crippen molar-refractivity contribution in [3.8, 4) is 0 Å². The van der Waals surface area contributed by atoms with Gasteiger partial charge in [-0.05, 0) is 12.8 Å². The molecule has 1 aromatic heterocycles. The fraction of sp³-hybridized carbons (Fsp3) is 0.800. The second-order valence-electron chi connectivity index (χ2n) is 6.06. The van der Waals surface area contributed by atoms with E-state index in [1.807, 2.05) is 11.7 Å². The van der Waals surface area contributed by atoms with Gasteiger partial charge in [-0.2, -0.15) is 5.10 Å². The first-order valence-corrected chi connectivity index (χ1v) is 7.62. The van der Waals surface area contributed by atoms with Crippen LogP contribution >= 0.6 is 0 Å². The first-order chi connectivity index (χ1) is 9.56. The predicted molar refractivity (Wildman–Crippen MR) is 80.9 cm³/mol. The average molecular weight is 280 g/mol. The summed E-state index contributed by atoms with van der Waals surface area (Å²) in [7, 11) is 1.99. The van der Waals surface area contributed by atoms with Crippen LogP contribution in [0.25, 0.3) is 0 Å². The van der Waals surface area contributed by atoms with E-state index in [1.54, 1.807) is 0 Å². The highest BCUT2D eigenvalue weighted by molar-refractivity contribution is 5.20. The summed E-state index contributed by atoms with van der Waals surface area (Å²) in [6.07, 6.45) is 2.13. The summed E-state index contributed by atoms with van der Waals surface area (Å²) in [6, 6.07) is 0.480. The van der Waals surface area contributed by atoms with Crippen LogP contribution in [0.15, 0.2) is 6.20 Å². The summed E-state index contributed by atoms with van der Waals surface area (Å²) in [5, 5.41) is 8.17. The van der Waals surface area contributed by atoms with Gasteiger partial charge in [0.1, 0.15) is 0 Å². The van der Waals surface area contributed by atoms with Gasteiger partial charge in [-0.1, -0.05) is 13.8 Å². The number of aromatic nitrogens is 2. The number of hydrogen-bond donors (Lipinski definition) is 1. The molecule has 1 N–H and O–H groups in total. The zero-order chi connectivity index (χ0) is 14.5. The van der Waals surface area contributed by atoms with Crippen molar-refractivity contribution >= 4 is 0 Å². The minimum Gasteiger partial charge on any atom is -0.379 e. The van der Waals surface area contributed by atoms with Gasteiger partial charge in [0.15, 0.2) is 0 Å². The number of rotatable bonds is 6. The molecule has 5 heteroatoms. The molecular weight excluding hydrogens is 252 g/mol. The van der Waals surface area contributed by atoms with Gasteiger partial charge in [0.2, 0.25) is 0 Å². The minimum atomic E-state index is 0.475. The van der Waals surface area contributed by atoms with Crippen LogP contribution in [0, 0.1) is 0 Å². The summed E-state index contributed by atoms with van der Waals surface area (Å²) in [6.45, 7) is 12.5. The highest BCUT2D eigenvalue weighted by Gasteiger charge is 2.15. The molecule has 2 rings (SSSR count). The van der Waals surface area contributed by atoms with Crippen LogP contribution in [0.1, 0.15) is 37.9 Å². The number of hydrogen-bond acceptors (Lipinski definition) is 4. The summed E-state index contributed by atoms with van der Waals surface area (Å²) in [5.41, 5.74) is 2.52. The van der Waals surface area contributed by atoms with E-state index in [1.165, 1.54) is 11.3 Å². The number of aryl methyl sites for hydroxylation is 1. The van der Waals surface area contributed by atoms with Crippen LogP contribution in [0.3, 0.4) is 0 Å². The third-order valence-corrected chi connectivity index (χ3v) is 3.76. The molecular formula is C15H28N4O. The van der Waals surface area contributed by atoms with E-state index in [9.17, 15) is 0 Å². The molecule has 1 aliphatic rings. The molecule has 114 valence electrons. The van der Waals surface area contributed by atoms with Gasteiger partial charge < -0.3 is 10.1 Å². The van der Waals surface area contributed by atoms with E-state index in [2.05, 4.69) is 42.3 Å². The first-order valence-electron chi connectivity index (χ1n) is 7.62.